The number of halogens is 1. The molecule has 36 heavy (non-hydrogen) atoms. The molecule has 1 heterocycles. The average Bonchev–Trinajstić information content (AvgIpc) is 2.88. The highest BCUT2D eigenvalue weighted by atomic mass is 35.5. The van der Waals surface area contributed by atoms with Gasteiger partial charge in [-0.1, -0.05) is 61.8 Å². The van der Waals surface area contributed by atoms with Crippen molar-refractivity contribution in [3.05, 3.63) is 88.9 Å². The number of hydrogen-bond donors (Lipinski definition) is 1. The molecule has 0 saturated heterocycles. The first kappa shape index (κ1) is 26.0. The van der Waals surface area contributed by atoms with Crippen LogP contribution in [0, 0.1) is 6.92 Å². The number of nitrogens with one attached hydrogen (secondary N) is 1. The van der Waals surface area contributed by atoms with Gasteiger partial charge in [-0.05, 0) is 61.7 Å². The van der Waals surface area contributed by atoms with Crippen LogP contribution in [0.1, 0.15) is 50.3 Å². The Morgan fingerprint density at radius 2 is 1.67 bits per heavy atom. The van der Waals surface area contributed by atoms with Crippen LogP contribution < -0.4 is 14.4 Å². The summed E-state index contributed by atoms with van der Waals surface area (Å²) in [5.41, 5.74) is 1.70. The van der Waals surface area contributed by atoms with Gasteiger partial charge in [0.25, 0.3) is 10.0 Å². The first-order valence-electron chi connectivity index (χ1n) is 12.1. The molecule has 6 nitrogen and oxygen atoms in total. The molecule has 4 rings (SSSR count). The Bertz CT molecular complexity index is 1340. The molecule has 0 saturated carbocycles. The maximum absolute atomic E-state index is 13.7. The van der Waals surface area contributed by atoms with Gasteiger partial charge in [-0.3, -0.25) is 9.10 Å². The number of fused-ring (bicyclic) bond motifs is 1. The Balaban J connectivity index is 1.66. The van der Waals surface area contributed by atoms with Crippen LogP contribution in [-0.2, 0) is 14.8 Å². The van der Waals surface area contributed by atoms with Crippen LogP contribution in [0.25, 0.3) is 0 Å². The molecule has 8 heteroatoms. The molecule has 0 aliphatic carbocycles. The lowest BCUT2D eigenvalue weighted by molar-refractivity contribution is -0.121. The van der Waals surface area contributed by atoms with Gasteiger partial charge in [-0.2, -0.15) is 0 Å². The number of aryl methyl sites for hydroxylation is 1. The fourth-order valence-electron chi connectivity index (χ4n) is 4.68. The molecule has 1 amide bonds. The second kappa shape index (κ2) is 10.5. The van der Waals surface area contributed by atoms with Gasteiger partial charge >= 0.3 is 0 Å². The number of rotatable bonds is 8. The molecule has 1 atom stereocenters. The van der Waals surface area contributed by atoms with E-state index in [2.05, 4.69) is 19.2 Å². The Kier molecular flexibility index (Phi) is 7.62. The van der Waals surface area contributed by atoms with E-state index in [1.54, 1.807) is 12.1 Å². The van der Waals surface area contributed by atoms with Crippen molar-refractivity contribution in [1.29, 1.82) is 0 Å². The second-order valence-electron chi connectivity index (χ2n) is 9.11. The third-order valence-electron chi connectivity index (χ3n) is 6.89. The van der Waals surface area contributed by atoms with Crippen molar-refractivity contribution in [1.82, 2.24) is 5.32 Å². The molecule has 190 valence electrons. The molecular weight excluding hydrogens is 496 g/mol. The molecular formula is C28H31ClN2O4S. The van der Waals surface area contributed by atoms with Crippen LogP contribution in [0.15, 0.2) is 77.7 Å². The van der Waals surface area contributed by atoms with Crippen molar-refractivity contribution in [3.8, 4) is 5.75 Å². The highest BCUT2D eigenvalue weighted by molar-refractivity contribution is 7.92. The Morgan fingerprint density at radius 1 is 1.03 bits per heavy atom. The van der Waals surface area contributed by atoms with Gasteiger partial charge in [0.15, 0.2) is 0 Å². The van der Waals surface area contributed by atoms with Crippen LogP contribution in [-0.4, -0.2) is 26.5 Å². The minimum Gasteiger partial charge on any atom is -0.487 e. The molecule has 1 aliphatic rings. The van der Waals surface area contributed by atoms with E-state index in [9.17, 15) is 13.2 Å². The number of sulfonamides is 1. The normalized spacial score (nSPS) is 16.5. The number of carbonyl (C=O) groups is 1. The summed E-state index contributed by atoms with van der Waals surface area (Å²) in [5, 5.41) is 3.54. The van der Waals surface area contributed by atoms with E-state index < -0.39 is 21.5 Å². The monoisotopic (exact) mass is 526 g/mol. The molecule has 1 N–H and O–H groups in total. The van der Waals surface area contributed by atoms with E-state index >= 15 is 0 Å². The van der Waals surface area contributed by atoms with Gasteiger partial charge < -0.3 is 10.1 Å². The largest absolute Gasteiger partial charge is 0.487 e. The van der Waals surface area contributed by atoms with E-state index in [0.29, 0.717) is 17.1 Å². The van der Waals surface area contributed by atoms with Gasteiger partial charge in [-0.15, -0.1) is 0 Å². The fraction of sp³-hybridized carbons (Fsp3) is 0.321. The summed E-state index contributed by atoms with van der Waals surface area (Å²) in [5.74, 6) is 0.362. The lowest BCUT2D eigenvalue weighted by Gasteiger charge is -2.41. The van der Waals surface area contributed by atoms with Crippen molar-refractivity contribution in [3.63, 3.8) is 0 Å². The highest BCUT2D eigenvalue weighted by Gasteiger charge is 2.39. The summed E-state index contributed by atoms with van der Waals surface area (Å²) in [6.07, 6.45) is 2.20. The fourth-order valence-corrected chi connectivity index (χ4v) is 6.29. The van der Waals surface area contributed by atoms with Crippen LogP contribution in [0.4, 0.5) is 5.69 Å². The van der Waals surface area contributed by atoms with Gasteiger partial charge in [-0.25, -0.2) is 8.42 Å². The standard InChI is InChI=1S/C28H31ClN2O4S/c1-4-28(5-2)18-24(23-11-7-9-13-26(23)35-28)30-27(32)19-31(25-12-8-6-10-20(25)3)36(33,34)22-16-14-21(29)15-17-22/h6-17,24H,4-5,18-19H2,1-3H3,(H,30,32)/t24-/m1/s1. The van der Waals surface area contributed by atoms with Gasteiger partial charge in [0, 0.05) is 17.0 Å². The average molecular weight is 527 g/mol. The summed E-state index contributed by atoms with van der Waals surface area (Å²) in [6.45, 7) is 5.62. The van der Waals surface area contributed by atoms with E-state index in [1.165, 1.54) is 28.6 Å². The van der Waals surface area contributed by atoms with Crippen molar-refractivity contribution in [2.45, 2.75) is 56.6 Å². The number of benzene rings is 3. The number of carbonyl (C=O) groups excluding carboxylic acids is 1. The van der Waals surface area contributed by atoms with Crippen molar-refractivity contribution in [2.24, 2.45) is 0 Å². The van der Waals surface area contributed by atoms with E-state index in [-0.39, 0.29) is 17.5 Å². The topological polar surface area (TPSA) is 75.7 Å². The first-order chi connectivity index (χ1) is 17.2. The Morgan fingerprint density at radius 3 is 2.33 bits per heavy atom. The molecule has 3 aromatic rings. The predicted octanol–water partition coefficient (Wildman–Crippen LogP) is 6.04. The molecule has 0 spiro atoms. The highest BCUT2D eigenvalue weighted by Crippen LogP contribution is 2.42. The third-order valence-corrected chi connectivity index (χ3v) is 8.92. The van der Waals surface area contributed by atoms with Crippen LogP contribution in [0.2, 0.25) is 5.02 Å². The molecule has 3 aromatic carbocycles. The maximum Gasteiger partial charge on any atom is 0.264 e. The maximum atomic E-state index is 13.7. The molecule has 0 radical (unpaired) electrons. The summed E-state index contributed by atoms with van der Waals surface area (Å²) >= 11 is 5.98. The first-order valence-corrected chi connectivity index (χ1v) is 13.9. The smallest absolute Gasteiger partial charge is 0.264 e. The number of para-hydroxylation sites is 2. The van der Waals surface area contributed by atoms with E-state index in [0.717, 1.165) is 29.7 Å². The number of ether oxygens (including phenoxy) is 1. The predicted molar refractivity (Wildman–Crippen MR) is 143 cm³/mol. The van der Waals surface area contributed by atoms with Gasteiger partial charge in [0.1, 0.15) is 17.9 Å². The van der Waals surface area contributed by atoms with Gasteiger partial charge in [0.05, 0.1) is 16.6 Å². The zero-order valence-electron chi connectivity index (χ0n) is 20.7. The number of hydrogen-bond acceptors (Lipinski definition) is 4. The Hall–Kier alpha value is -3.03. The molecule has 0 bridgehead atoms. The van der Waals surface area contributed by atoms with Crippen LogP contribution in [0.3, 0.4) is 0 Å². The molecule has 1 aliphatic heterocycles. The zero-order chi connectivity index (χ0) is 25.9. The lowest BCUT2D eigenvalue weighted by atomic mass is 9.83. The summed E-state index contributed by atoms with van der Waals surface area (Å²) in [6, 6.07) is 20.5. The van der Waals surface area contributed by atoms with Crippen molar-refractivity contribution < 1.29 is 17.9 Å². The number of nitrogens with zero attached hydrogens (tertiary/aromatic N) is 1. The molecule has 0 fully saturated rings. The van der Waals surface area contributed by atoms with Crippen LogP contribution >= 0.6 is 11.6 Å². The minimum atomic E-state index is -4.03. The summed E-state index contributed by atoms with van der Waals surface area (Å²) in [7, 11) is -4.03. The summed E-state index contributed by atoms with van der Waals surface area (Å²) in [4.78, 5) is 13.5. The van der Waals surface area contributed by atoms with Crippen molar-refractivity contribution >= 4 is 33.2 Å². The van der Waals surface area contributed by atoms with Crippen LogP contribution in [0.5, 0.6) is 5.75 Å². The molecule has 0 aromatic heterocycles. The number of anilines is 1. The summed E-state index contributed by atoms with van der Waals surface area (Å²) < 4.78 is 34.9. The van der Waals surface area contributed by atoms with E-state index in [4.69, 9.17) is 16.3 Å². The third kappa shape index (κ3) is 5.22. The van der Waals surface area contributed by atoms with Crippen molar-refractivity contribution in [2.75, 3.05) is 10.8 Å². The van der Waals surface area contributed by atoms with E-state index in [1.807, 2.05) is 43.3 Å². The molecule has 0 unspecified atom stereocenters. The Labute approximate surface area is 218 Å². The quantitative estimate of drug-likeness (QED) is 0.388. The minimum absolute atomic E-state index is 0.0651. The zero-order valence-corrected chi connectivity index (χ0v) is 22.3. The second-order valence-corrected chi connectivity index (χ2v) is 11.4. The van der Waals surface area contributed by atoms with Gasteiger partial charge in [0.2, 0.25) is 5.91 Å². The number of amides is 1. The lowest BCUT2D eigenvalue weighted by Crippen LogP contribution is -2.47. The SMILES string of the molecule is CCC1(CC)C[C@@H](NC(=O)CN(c2ccccc2C)S(=O)(=O)c2ccc(Cl)cc2)c2ccccc2O1.